The fraction of sp³-hybridized carbons (Fsp3) is 0.474. The molecule has 2 amide bonds. The van der Waals surface area contributed by atoms with E-state index < -0.39 is 19.4 Å². The molecule has 1 heterocycles. The zero-order valence-corrected chi connectivity index (χ0v) is 16.5. The van der Waals surface area contributed by atoms with Gasteiger partial charge in [-0.15, -0.1) is 0 Å². The van der Waals surface area contributed by atoms with Crippen LogP contribution < -0.4 is 0 Å². The van der Waals surface area contributed by atoms with Gasteiger partial charge in [0.2, 0.25) is 0 Å². The molecule has 142 valence electrons. The van der Waals surface area contributed by atoms with Gasteiger partial charge in [-0.05, 0) is 31.9 Å². The van der Waals surface area contributed by atoms with Gasteiger partial charge in [-0.1, -0.05) is 38.8 Å². The maximum absolute atomic E-state index is 13.0. The molecule has 0 spiro atoms. The van der Waals surface area contributed by atoms with Crippen molar-refractivity contribution >= 4 is 19.4 Å². The van der Waals surface area contributed by atoms with Crippen molar-refractivity contribution in [2.45, 2.75) is 46.5 Å². The van der Waals surface area contributed by atoms with Gasteiger partial charge in [0.25, 0.3) is 11.8 Å². The predicted molar refractivity (Wildman–Crippen MR) is 100 cm³/mol. The van der Waals surface area contributed by atoms with Crippen LogP contribution >= 0.6 is 7.60 Å². The third-order valence-electron chi connectivity index (χ3n) is 4.03. The van der Waals surface area contributed by atoms with Crippen LogP contribution in [0.2, 0.25) is 0 Å². The monoisotopic (exact) mass is 379 g/mol. The summed E-state index contributed by atoms with van der Waals surface area (Å²) >= 11 is 0. The highest BCUT2D eigenvalue weighted by Gasteiger charge is 2.37. The van der Waals surface area contributed by atoms with Crippen molar-refractivity contribution in [3.05, 3.63) is 46.9 Å². The van der Waals surface area contributed by atoms with Crippen LogP contribution in [0.1, 0.15) is 67.2 Å². The molecule has 0 aliphatic carbocycles. The Bertz CT molecular complexity index is 694. The van der Waals surface area contributed by atoms with Gasteiger partial charge < -0.3 is 9.05 Å². The maximum atomic E-state index is 13.0. The fourth-order valence-corrected chi connectivity index (χ4v) is 4.14. The lowest BCUT2D eigenvalue weighted by atomic mass is 10.1. The van der Waals surface area contributed by atoms with Gasteiger partial charge in [0, 0.05) is 11.5 Å². The van der Waals surface area contributed by atoms with Crippen molar-refractivity contribution in [1.29, 1.82) is 0 Å². The average molecular weight is 379 g/mol. The van der Waals surface area contributed by atoms with Crippen molar-refractivity contribution in [3.63, 3.8) is 0 Å². The Morgan fingerprint density at radius 1 is 1.00 bits per heavy atom. The summed E-state index contributed by atoms with van der Waals surface area (Å²) in [6, 6.07) is 6.63. The second-order valence-corrected chi connectivity index (χ2v) is 8.03. The molecule has 0 bridgehead atoms. The number of carbonyl (C=O) groups is 2. The van der Waals surface area contributed by atoms with Crippen LogP contribution in [0.15, 0.2) is 35.8 Å². The Morgan fingerprint density at radius 3 is 1.88 bits per heavy atom. The molecule has 7 heteroatoms. The number of nitrogens with zero attached hydrogens (tertiary/aromatic N) is 1. The van der Waals surface area contributed by atoms with E-state index in [1.54, 1.807) is 31.2 Å². The lowest BCUT2D eigenvalue weighted by Gasteiger charge is -2.19. The first-order valence-electron chi connectivity index (χ1n) is 8.99. The number of carbonyl (C=O) groups excluding carboxylic acids is 2. The van der Waals surface area contributed by atoms with Gasteiger partial charge in [-0.3, -0.25) is 14.2 Å². The van der Waals surface area contributed by atoms with Crippen LogP contribution in [0, 0.1) is 0 Å². The number of fused-ring (bicyclic) bond motifs is 1. The van der Waals surface area contributed by atoms with E-state index in [-0.39, 0.29) is 5.70 Å². The molecule has 1 aromatic carbocycles. The Labute approximate surface area is 154 Å². The first-order valence-corrected chi connectivity index (χ1v) is 10.6. The summed E-state index contributed by atoms with van der Waals surface area (Å²) in [7, 11) is -3.54. The van der Waals surface area contributed by atoms with Crippen LogP contribution in [-0.2, 0) is 13.6 Å². The molecule has 0 unspecified atom stereocenters. The first kappa shape index (κ1) is 20.6. The lowest BCUT2D eigenvalue weighted by Crippen LogP contribution is -2.27. The van der Waals surface area contributed by atoms with E-state index in [4.69, 9.17) is 9.05 Å². The summed E-state index contributed by atoms with van der Waals surface area (Å²) in [4.78, 5) is 26.1. The van der Waals surface area contributed by atoms with Crippen molar-refractivity contribution in [2.75, 3.05) is 13.2 Å². The second kappa shape index (κ2) is 9.26. The predicted octanol–water partition coefficient (Wildman–Crippen LogP) is 4.97. The normalized spacial score (nSPS) is 14.9. The molecule has 0 atom stereocenters. The van der Waals surface area contributed by atoms with E-state index in [9.17, 15) is 14.2 Å². The van der Waals surface area contributed by atoms with Gasteiger partial charge in [0.05, 0.1) is 24.3 Å². The SMILES string of the molecule is CCCCOP(=O)(/C=C(\C)N1C(=O)c2ccccc2C1=O)OCCCC. The topological polar surface area (TPSA) is 72.9 Å². The van der Waals surface area contributed by atoms with Gasteiger partial charge in [0.1, 0.15) is 0 Å². The Hall–Kier alpha value is -1.75. The Morgan fingerprint density at radius 2 is 1.46 bits per heavy atom. The number of rotatable bonds is 10. The highest BCUT2D eigenvalue weighted by Crippen LogP contribution is 2.51. The molecule has 2 rings (SSSR count). The van der Waals surface area contributed by atoms with Crippen LogP contribution in [0.25, 0.3) is 0 Å². The lowest BCUT2D eigenvalue weighted by molar-refractivity contribution is 0.0705. The van der Waals surface area contributed by atoms with Crippen molar-refractivity contribution in [2.24, 2.45) is 0 Å². The number of allylic oxidation sites excluding steroid dienone is 1. The van der Waals surface area contributed by atoms with E-state index >= 15 is 0 Å². The fourth-order valence-electron chi connectivity index (χ4n) is 2.58. The second-order valence-electron chi connectivity index (χ2n) is 6.18. The molecular formula is C19H26NO5P. The summed E-state index contributed by atoms with van der Waals surface area (Å²) in [5.74, 6) is 0.445. The number of imide groups is 1. The summed E-state index contributed by atoms with van der Waals surface area (Å²) in [6.07, 6.45) is 3.30. The van der Waals surface area contributed by atoms with E-state index in [1.807, 2.05) is 13.8 Å². The van der Waals surface area contributed by atoms with Crippen LogP contribution in [0.5, 0.6) is 0 Å². The van der Waals surface area contributed by atoms with Crippen molar-refractivity contribution < 1.29 is 23.2 Å². The molecule has 6 nitrogen and oxygen atoms in total. The van der Waals surface area contributed by atoms with Crippen molar-refractivity contribution in [3.8, 4) is 0 Å². The Balaban J connectivity index is 2.24. The molecular weight excluding hydrogens is 353 g/mol. The van der Waals surface area contributed by atoms with E-state index in [0.29, 0.717) is 24.3 Å². The zero-order valence-electron chi connectivity index (χ0n) is 15.6. The minimum Gasteiger partial charge on any atom is -0.306 e. The highest BCUT2D eigenvalue weighted by molar-refractivity contribution is 7.57. The standard InChI is InChI=1S/C19H26NO5P/c1-4-6-12-24-26(23,25-13-7-5-2)14-15(3)20-18(21)16-10-8-9-11-17(16)19(20)22/h8-11,14H,4-7,12-13H2,1-3H3/b15-14+. The molecule has 26 heavy (non-hydrogen) atoms. The van der Waals surface area contributed by atoms with Crippen LogP contribution in [0.3, 0.4) is 0 Å². The number of hydrogen-bond acceptors (Lipinski definition) is 5. The number of hydrogen-bond donors (Lipinski definition) is 0. The molecule has 0 saturated heterocycles. The minimum atomic E-state index is -3.54. The van der Waals surface area contributed by atoms with E-state index in [1.165, 1.54) is 5.82 Å². The highest BCUT2D eigenvalue weighted by atomic mass is 31.2. The quantitative estimate of drug-likeness (QED) is 0.326. The Kier molecular flexibility index (Phi) is 7.33. The summed E-state index contributed by atoms with van der Waals surface area (Å²) in [5, 5.41) is 0. The molecule has 1 aromatic rings. The van der Waals surface area contributed by atoms with Gasteiger partial charge in [0.15, 0.2) is 0 Å². The van der Waals surface area contributed by atoms with E-state index in [0.717, 1.165) is 30.6 Å². The minimum absolute atomic E-state index is 0.257. The summed E-state index contributed by atoms with van der Waals surface area (Å²) in [6.45, 7) is 6.18. The molecule has 0 aromatic heterocycles. The molecule has 1 aliphatic rings. The van der Waals surface area contributed by atoms with Crippen LogP contribution in [0.4, 0.5) is 0 Å². The van der Waals surface area contributed by atoms with Gasteiger partial charge >= 0.3 is 7.60 Å². The molecule has 1 aliphatic heterocycles. The van der Waals surface area contributed by atoms with Gasteiger partial charge in [-0.25, -0.2) is 4.90 Å². The average Bonchev–Trinajstić information content (AvgIpc) is 2.87. The molecule has 0 N–H and O–H groups in total. The molecule has 0 fully saturated rings. The zero-order chi connectivity index (χ0) is 19.2. The largest absolute Gasteiger partial charge is 0.355 e. The maximum Gasteiger partial charge on any atom is 0.355 e. The van der Waals surface area contributed by atoms with Gasteiger partial charge in [-0.2, -0.15) is 0 Å². The van der Waals surface area contributed by atoms with Crippen LogP contribution in [-0.4, -0.2) is 29.9 Å². The molecule has 0 saturated carbocycles. The number of unbranched alkanes of at least 4 members (excludes halogenated alkanes) is 2. The first-order chi connectivity index (χ1) is 12.4. The third-order valence-corrected chi connectivity index (χ3v) is 5.80. The summed E-state index contributed by atoms with van der Waals surface area (Å²) < 4.78 is 24.1. The van der Waals surface area contributed by atoms with E-state index in [2.05, 4.69) is 0 Å². The number of benzene rings is 1. The summed E-state index contributed by atoms with van der Waals surface area (Å²) in [5.41, 5.74) is 0.949. The smallest absolute Gasteiger partial charge is 0.306 e. The third kappa shape index (κ3) is 4.70. The van der Waals surface area contributed by atoms with Crippen molar-refractivity contribution in [1.82, 2.24) is 4.90 Å². The molecule has 0 radical (unpaired) electrons. The number of amides is 2.